The van der Waals surface area contributed by atoms with Crippen LogP contribution in [-0.4, -0.2) is 0 Å². The fourth-order valence-corrected chi connectivity index (χ4v) is 0.397. The minimum absolute atomic E-state index is 0. The first-order valence-corrected chi connectivity index (χ1v) is 3.68. The van der Waals surface area contributed by atoms with Crippen LogP contribution in [0.3, 0.4) is 0 Å². The van der Waals surface area contributed by atoms with E-state index in [1.54, 1.807) is 0 Å². The molecule has 0 heterocycles. The summed E-state index contributed by atoms with van der Waals surface area (Å²) in [5, 5.41) is 0. The van der Waals surface area contributed by atoms with Crippen molar-refractivity contribution in [2.45, 2.75) is 20.8 Å². The van der Waals surface area contributed by atoms with Gasteiger partial charge in [-0.3, -0.25) is 0 Å². The van der Waals surface area contributed by atoms with Crippen molar-refractivity contribution in [1.82, 2.24) is 0 Å². The molecule has 0 saturated heterocycles. The van der Waals surface area contributed by atoms with Gasteiger partial charge in [0.15, 0.2) is 0 Å². The molecule has 0 N–H and O–H groups in total. The van der Waals surface area contributed by atoms with Crippen molar-refractivity contribution in [3.63, 3.8) is 0 Å². The van der Waals surface area contributed by atoms with Crippen LogP contribution in [0.1, 0.15) is 20.8 Å². The second-order valence-electron chi connectivity index (χ2n) is 2.15. The Morgan fingerprint density at radius 2 is 1.20 bits per heavy atom. The summed E-state index contributed by atoms with van der Waals surface area (Å²) in [6.45, 7) is 19.9. The average Bonchev–Trinajstić information content (AvgIpc) is 2.27. The first-order valence-electron chi connectivity index (χ1n) is 3.68. The first kappa shape index (κ1) is 29.3. The van der Waals surface area contributed by atoms with Crippen LogP contribution in [0.5, 0.6) is 0 Å². The van der Waals surface area contributed by atoms with E-state index in [1.807, 2.05) is 19.8 Å². The molecule has 0 aliphatic heterocycles. The summed E-state index contributed by atoms with van der Waals surface area (Å²) in [4.78, 5) is 0. The second-order valence-corrected chi connectivity index (χ2v) is 2.15. The van der Waals surface area contributed by atoms with Gasteiger partial charge in [0, 0.05) is 17.1 Å². The molecule has 3 nitrogen and oxygen atoms in total. The Morgan fingerprint density at radius 1 is 0.867 bits per heavy atom. The summed E-state index contributed by atoms with van der Waals surface area (Å²) in [5.41, 5.74) is 0. The third-order valence-corrected chi connectivity index (χ3v) is 0.800. The quantitative estimate of drug-likeness (QED) is 0.318. The molecule has 15 heavy (non-hydrogen) atoms. The van der Waals surface area contributed by atoms with Crippen LogP contribution < -0.4 is 0 Å². The zero-order valence-corrected chi connectivity index (χ0v) is 10.1. The van der Waals surface area contributed by atoms with Gasteiger partial charge in [-0.15, -0.1) is 0 Å². The molecule has 0 aliphatic rings. The van der Waals surface area contributed by atoms with Gasteiger partial charge in [-0.2, -0.15) is 0 Å². The van der Waals surface area contributed by atoms with Crippen molar-refractivity contribution >= 4 is 0 Å². The molecule has 0 bridgehead atoms. The van der Waals surface area contributed by atoms with E-state index < -0.39 is 0 Å². The van der Waals surface area contributed by atoms with Crippen molar-refractivity contribution < 1.29 is 31.0 Å². The molecule has 0 unspecified atom stereocenters. The van der Waals surface area contributed by atoms with Crippen molar-refractivity contribution in [3.05, 3.63) is 45.6 Å². The predicted octanol–water partition coefficient (Wildman–Crippen LogP) is 2.36. The van der Waals surface area contributed by atoms with Gasteiger partial charge in [-0.25, -0.2) is 0 Å². The molecule has 0 spiro atoms. The average molecular weight is 250 g/mol. The normalized spacial score (nSPS) is 6.00. The molecular formula is C11H14FeO3. The van der Waals surface area contributed by atoms with Crippen LogP contribution in [-0.2, 0) is 31.0 Å². The zero-order chi connectivity index (χ0) is 12.4. The third-order valence-electron chi connectivity index (χ3n) is 0.800. The van der Waals surface area contributed by atoms with E-state index in [-0.39, 0.29) is 17.1 Å². The Balaban J connectivity index is -0.0000000410. The minimum Gasteiger partial charge on any atom is 0 e. The van der Waals surface area contributed by atoms with Crippen LogP contribution in [0.15, 0.2) is 0 Å². The number of unbranched alkanes of at least 4 members (excludes halogenated alkanes) is 2. The topological polar surface area (TPSA) is 59.7 Å². The molecule has 0 saturated carbocycles. The number of hydrogen-bond donors (Lipinski definition) is 0. The molecule has 0 rings (SSSR count). The van der Waals surface area contributed by atoms with Crippen molar-refractivity contribution in [1.29, 1.82) is 0 Å². The van der Waals surface area contributed by atoms with Gasteiger partial charge >= 0.3 is 33.9 Å². The maximum atomic E-state index is 7.50. The summed E-state index contributed by atoms with van der Waals surface area (Å²) >= 11 is 0. The SMILES string of the molecule is C[CH][CH][CH][CH]C(C)C.[C-]#[O+].[C-]#[O+].[C-]#[O+].[Fe]. The molecule has 0 aromatic carbocycles. The maximum absolute atomic E-state index is 7.50. The Labute approximate surface area is 104 Å². The van der Waals surface area contributed by atoms with Crippen LogP contribution in [0.4, 0.5) is 0 Å². The van der Waals surface area contributed by atoms with E-state index in [9.17, 15) is 0 Å². The maximum Gasteiger partial charge on any atom is 0 e. The number of rotatable bonds is 4. The van der Waals surface area contributed by atoms with Crippen LogP contribution >= 0.6 is 0 Å². The van der Waals surface area contributed by atoms with Crippen molar-refractivity contribution in [2.75, 3.05) is 0 Å². The van der Waals surface area contributed by atoms with Gasteiger partial charge in [0.2, 0.25) is 0 Å². The van der Waals surface area contributed by atoms with Gasteiger partial charge < -0.3 is 0 Å². The van der Waals surface area contributed by atoms with Crippen LogP contribution in [0.2, 0.25) is 0 Å². The molecule has 0 amide bonds. The fraction of sp³-hybridized carbons (Fsp3) is 0.364. The number of hydrogen-bond acceptors (Lipinski definition) is 0. The predicted molar refractivity (Wildman–Crippen MR) is 49.5 cm³/mol. The molecule has 4 radical (unpaired) electrons. The molecule has 0 atom stereocenters. The smallest absolute Gasteiger partial charge is 0 e. The van der Waals surface area contributed by atoms with Gasteiger partial charge in [-0.1, -0.05) is 20.8 Å². The molecule has 4 heteroatoms. The van der Waals surface area contributed by atoms with E-state index in [0.29, 0.717) is 5.92 Å². The summed E-state index contributed by atoms with van der Waals surface area (Å²) in [7, 11) is 0. The van der Waals surface area contributed by atoms with E-state index in [4.69, 9.17) is 14.0 Å². The van der Waals surface area contributed by atoms with Crippen molar-refractivity contribution in [3.8, 4) is 0 Å². The zero-order valence-electron chi connectivity index (χ0n) is 8.97. The standard InChI is InChI=1S/C8H14.3CO.Fe/c1-4-5-6-7-8(2)3;3*1-2;/h4-8H,1-3H3;;;;. The minimum atomic E-state index is 0. The summed E-state index contributed by atoms with van der Waals surface area (Å²) in [6, 6.07) is 0. The summed E-state index contributed by atoms with van der Waals surface area (Å²) < 4.78 is 22.5. The fourth-order valence-electron chi connectivity index (χ4n) is 0.397. The van der Waals surface area contributed by atoms with Crippen molar-refractivity contribution in [2.24, 2.45) is 5.92 Å². The first-order chi connectivity index (χ1) is 6.77. The van der Waals surface area contributed by atoms with Gasteiger partial charge in [0.05, 0.1) is 0 Å². The van der Waals surface area contributed by atoms with E-state index in [1.165, 1.54) is 0 Å². The van der Waals surface area contributed by atoms with E-state index >= 15 is 0 Å². The largest absolute Gasteiger partial charge is 0 e. The summed E-state index contributed by atoms with van der Waals surface area (Å²) in [6.07, 6.45) is 8.31. The van der Waals surface area contributed by atoms with Gasteiger partial charge in [-0.05, 0) is 31.6 Å². The van der Waals surface area contributed by atoms with E-state index in [2.05, 4.69) is 46.6 Å². The molecule has 0 aromatic rings. The molecule has 0 aliphatic carbocycles. The Morgan fingerprint density at radius 3 is 1.40 bits per heavy atom. The van der Waals surface area contributed by atoms with Gasteiger partial charge in [0.1, 0.15) is 0 Å². The van der Waals surface area contributed by atoms with Crippen LogP contribution in [0.25, 0.3) is 0 Å². The summed E-state index contributed by atoms with van der Waals surface area (Å²) in [5.74, 6) is 0.672. The van der Waals surface area contributed by atoms with Crippen LogP contribution in [0, 0.1) is 51.6 Å². The Bertz CT molecular complexity index is 113. The second kappa shape index (κ2) is 49.1. The Kier molecular flexibility index (Phi) is 96.0. The Hall–Kier alpha value is -0.261. The third kappa shape index (κ3) is 84.3. The molecule has 0 fully saturated rings. The monoisotopic (exact) mass is 250 g/mol. The molecule has 0 aromatic heterocycles. The van der Waals surface area contributed by atoms with E-state index in [0.717, 1.165) is 0 Å². The van der Waals surface area contributed by atoms with Gasteiger partial charge in [0.25, 0.3) is 0 Å². The molecular weight excluding hydrogens is 236 g/mol. The molecule has 84 valence electrons.